The quantitative estimate of drug-likeness (QED) is 0.831. The monoisotopic (exact) mass is 289 g/mol. The zero-order chi connectivity index (χ0) is 14.8. The Kier molecular flexibility index (Phi) is 4.01. The molecule has 1 saturated carbocycles. The molecule has 2 atom stereocenters. The van der Waals surface area contributed by atoms with Gasteiger partial charge >= 0.3 is 0 Å². The van der Waals surface area contributed by atoms with Crippen LogP contribution in [0.3, 0.4) is 0 Å². The highest BCUT2D eigenvalue weighted by Crippen LogP contribution is 2.37. The summed E-state index contributed by atoms with van der Waals surface area (Å²) in [5.41, 5.74) is 7.10. The lowest BCUT2D eigenvalue weighted by atomic mass is 10.0. The van der Waals surface area contributed by atoms with Crippen LogP contribution in [-0.4, -0.2) is 37.6 Å². The van der Waals surface area contributed by atoms with Gasteiger partial charge < -0.3 is 15.8 Å². The van der Waals surface area contributed by atoms with E-state index in [0.717, 1.165) is 24.9 Å². The summed E-state index contributed by atoms with van der Waals surface area (Å²) in [6, 6.07) is 5.30. The number of anilines is 2. The summed E-state index contributed by atoms with van der Waals surface area (Å²) in [6.45, 7) is 2.59. The maximum atomic E-state index is 12.2. The predicted octanol–water partition coefficient (Wildman–Crippen LogP) is 1.95. The third kappa shape index (κ3) is 3.13. The van der Waals surface area contributed by atoms with Gasteiger partial charge in [-0.1, -0.05) is 6.42 Å². The second-order valence-electron chi connectivity index (χ2n) is 6.15. The Morgan fingerprint density at radius 1 is 1.38 bits per heavy atom. The van der Waals surface area contributed by atoms with E-state index >= 15 is 0 Å². The lowest BCUT2D eigenvalue weighted by Gasteiger charge is -2.17. The first kappa shape index (κ1) is 14.2. The molecule has 1 aromatic rings. The van der Waals surface area contributed by atoms with Crippen LogP contribution in [0.2, 0.25) is 0 Å². The van der Waals surface area contributed by atoms with E-state index < -0.39 is 0 Å². The zero-order valence-electron chi connectivity index (χ0n) is 12.5. The van der Waals surface area contributed by atoms with Crippen LogP contribution in [0.15, 0.2) is 18.2 Å². The SMILES string of the molecule is COc1ccc(NC(=O)CN2CC3CCCC3C2)c(N)c1. The van der Waals surface area contributed by atoms with E-state index in [0.29, 0.717) is 23.7 Å². The van der Waals surface area contributed by atoms with Crippen LogP contribution < -0.4 is 15.8 Å². The molecule has 2 aliphatic rings. The van der Waals surface area contributed by atoms with Crippen molar-refractivity contribution < 1.29 is 9.53 Å². The highest BCUT2D eigenvalue weighted by atomic mass is 16.5. The van der Waals surface area contributed by atoms with E-state index in [9.17, 15) is 4.79 Å². The van der Waals surface area contributed by atoms with Crippen molar-refractivity contribution in [2.45, 2.75) is 19.3 Å². The van der Waals surface area contributed by atoms with Crippen molar-refractivity contribution in [1.82, 2.24) is 4.90 Å². The topological polar surface area (TPSA) is 67.6 Å². The van der Waals surface area contributed by atoms with Crippen LogP contribution in [0.5, 0.6) is 5.75 Å². The normalized spacial score (nSPS) is 24.8. The average Bonchev–Trinajstić information content (AvgIpc) is 3.02. The number of likely N-dealkylation sites (tertiary alicyclic amines) is 1. The van der Waals surface area contributed by atoms with Crippen LogP contribution in [0, 0.1) is 11.8 Å². The number of nitrogens with two attached hydrogens (primary N) is 1. The highest BCUT2D eigenvalue weighted by Gasteiger charge is 2.36. The van der Waals surface area contributed by atoms with Gasteiger partial charge in [-0.05, 0) is 36.8 Å². The number of benzene rings is 1. The molecule has 5 heteroatoms. The molecular weight excluding hydrogens is 266 g/mol. The number of amides is 1. The van der Waals surface area contributed by atoms with Crippen LogP contribution in [0.1, 0.15) is 19.3 Å². The van der Waals surface area contributed by atoms with E-state index in [1.165, 1.54) is 19.3 Å². The number of nitrogens with zero attached hydrogens (tertiary/aromatic N) is 1. The van der Waals surface area contributed by atoms with Crippen LogP contribution >= 0.6 is 0 Å². The summed E-state index contributed by atoms with van der Waals surface area (Å²) >= 11 is 0. The number of fused-ring (bicyclic) bond motifs is 1. The van der Waals surface area contributed by atoms with Gasteiger partial charge in [0.15, 0.2) is 0 Å². The minimum absolute atomic E-state index is 0.00633. The second kappa shape index (κ2) is 5.93. The number of nitrogen functional groups attached to an aromatic ring is 1. The number of carbonyl (C=O) groups is 1. The molecular formula is C16H23N3O2. The number of hydrogen-bond donors (Lipinski definition) is 2. The van der Waals surface area contributed by atoms with E-state index in [1.807, 2.05) is 0 Å². The molecule has 21 heavy (non-hydrogen) atoms. The molecule has 3 N–H and O–H groups in total. The molecule has 3 rings (SSSR count). The second-order valence-corrected chi connectivity index (χ2v) is 6.15. The summed E-state index contributed by atoms with van der Waals surface area (Å²) in [5.74, 6) is 2.32. The van der Waals surface area contributed by atoms with Gasteiger partial charge in [0, 0.05) is 19.2 Å². The summed E-state index contributed by atoms with van der Waals surface area (Å²) < 4.78 is 5.10. The Morgan fingerprint density at radius 3 is 2.71 bits per heavy atom. The number of hydrogen-bond acceptors (Lipinski definition) is 4. The van der Waals surface area contributed by atoms with Gasteiger partial charge in [0.05, 0.1) is 25.0 Å². The summed E-state index contributed by atoms with van der Waals surface area (Å²) in [6.07, 6.45) is 4.01. The molecule has 2 unspecified atom stereocenters. The fourth-order valence-electron chi connectivity index (χ4n) is 3.64. The van der Waals surface area contributed by atoms with Crippen molar-refractivity contribution in [1.29, 1.82) is 0 Å². The predicted molar refractivity (Wildman–Crippen MR) is 83.3 cm³/mol. The number of carbonyl (C=O) groups excluding carboxylic acids is 1. The van der Waals surface area contributed by atoms with Gasteiger partial charge in [-0.3, -0.25) is 9.69 Å². The van der Waals surface area contributed by atoms with Crippen molar-refractivity contribution in [3.63, 3.8) is 0 Å². The summed E-state index contributed by atoms with van der Waals surface area (Å²) in [7, 11) is 1.59. The highest BCUT2D eigenvalue weighted by molar-refractivity contribution is 5.95. The van der Waals surface area contributed by atoms with E-state index in [1.54, 1.807) is 25.3 Å². The molecule has 114 valence electrons. The minimum atomic E-state index is 0.00633. The number of nitrogens with one attached hydrogen (secondary N) is 1. The van der Waals surface area contributed by atoms with Crippen LogP contribution in [0.4, 0.5) is 11.4 Å². The molecule has 1 amide bonds. The summed E-state index contributed by atoms with van der Waals surface area (Å²) in [4.78, 5) is 14.4. The smallest absolute Gasteiger partial charge is 0.238 e. The first-order valence-electron chi connectivity index (χ1n) is 7.61. The molecule has 0 aromatic heterocycles. The minimum Gasteiger partial charge on any atom is -0.497 e. The molecule has 0 spiro atoms. The standard InChI is InChI=1S/C16H23N3O2/c1-21-13-5-6-15(14(17)7-13)18-16(20)10-19-8-11-3-2-4-12(11)9-19/h5-7,11-12H,2-4,8-10,17H2,1H3,(H,18,20). The van der Waals surface area contributed by atoms with E-state index in [-0.39, 0.29) is 5.91 Å². The van der Waals surface area contributed by atoms with Crippen molar-refractivity contribution >= 4 is 17.3 Å². The van der Waals surface area contributed by atoms with Gasteiger partial charge in [0.1, 0.15) is 5.75 Å². The van der Waals surface area contributed by atoms with Gasteiger partial charge in [-0.2, -0.15) is 0 Å². The Balaban J connectivity index is 1.55. The number of rotatable bonds is 4. The van der Waals surface area contributed by atoms with Gasteiger partial charge in [0.2, 0.25) is 5.91 Å². The maximum Gasteiger partial charge on any atom is 0.238 e. The lowest BCUT2D eigenvalue weighted by Crippen LogP contribution is -2.32. The Labute approximate surface area is 125 Å². The van der Waals surface area contributed by atoms with Crippen molar-refractivity contribution in [3.05, 3.63) is 18.2 Å². The third-order valence-electron chi connectivity index (χ3n) is 4.70. The first-order valence-corrected chi connectivity index (χ1v) is 7.61. The molecule has 1 aliphatic heterocycles. The molecule has 5 nitrogen and oxygen atoms in total. The van der Waals surface area contributed by atoms with E-state index in [4.69, 9.17) is 10.5 Å². The molecule has 0 radical (unpaired) electrons. The lowest BCUT2D eigenvalue weighted by molar-refractivity contribution is -0.117. The van der Waals surface area contributed by atoms with Crippen molar-refractivity contribution in [2.24, 2.45) is 11.8 Å². The fraction of sp³-hybridized carbons (Fsp3) is 0.562. The molecule has 1 heterocycles. The van der Waals surface area contributed by atoms with Gasteiger partial charge in [0.25, 0.3) is 0 Å². The Morgan fingerprint density at radius 2 is 2.10 bits per heavy atom. The molecule has 1 aliphatic carbocycles. The molecule has 2 fully saturated rings. The zero-order valence-corrected chi connectivity index (χ0v) is 12.5. The Bertz CT molecular complexity index is 520. The first-order chi connectivity index (χ1) is 10.2. The fourth-order valence-corrected chi connectivity index (χ4v) is 3.64. The Hall–Kier alpha value is -1.75. The summed E-state index contributed by atoms with van der Waals surface area (Å²) in [5, 5.41) is 2.89. The van der Waals surface area contributed by atoms with Gasteiger partial charge in [-0.15, -0.1) is 0 Å². The number of methoxy groups -OCH3 is 1. The van der Waals surface area contributed by atoms with E-state index in [2.05, 4.69) is 10.2 Å². The number of ether oxygens (including phenoxy) is 1. The average molecular weight is 289 g/mol. The largest absolute Gasteiger partial charge is 0.497 e. The van der Waals surface area contributed by atoms with Crippen LogP contribution in [-0.2, 0) is 4.79 Å². The molecule has 1 aromatic carbocycles. The van der Waals surface area contributed by atoms with Gasteiger partial charge in [-0.25, -0.2) is 0 Å². The molecule has 0 bridgehead atoms. The maximum absolute atomic E-state index is 12.2. The van der Waals surface area contributed by atoms with Crippen molar-refractivity contribution in [3.8, 4) is 5.75 Å². The van der Waals surface area contributed by atoms with Crippen molar-refractivity contribution in [2.75, 3.05) is 37.8 Å². The third-order valence-corrected chi connectivity index (χ3v) is 4.70. The molecule has 1 saturated heterocycles. The van der Waals surface area contributed by atoms with Crippen LogP contribution in [0.25, 0.3) is 0 Å².